The van der Waals surface area contributed by atoms with Gasteiger partial charge < -0.3 is 15.0 Å². The van der Waals surface area contributed by atoms with Crippen molar-refractivity contribution in [3.8, 4) is 0 Å². The molecule has 0 unspecified atom stereocenters. The number of H-pyrrole nitrogens is 1. The lowest BCUT2D eigenvalue weighted by molar-refractivity contribution is -0.143. The molecule has 0 saturated carbocycles. The van der Waals surface area contributed by atoms with Gasteiger partial charge in [0.1, 0.15) is 0 Å². The Kier molecular flexibility index (Phi) is 6.58. The number of carbonyl (C=O) groups is 3. The van der Waals surface area contributed by atoms with Gasteiger partial charge in [0.05, 0.1) is 17.9 Å². The quantitative estimate of drug-likeness (QED) is 0.289. The van der Waals surface area contributed by atoms with Crippen LogP contribution in [0.2, 0.25) is 0 Å². The lowest BCUT2D eigenvalue weighted by Gasteiger charge is -2.11. The van der Waals surface area contributed by atoms with Crippen LogP contribution in [0.4, 0.5) is 11.4 Å². The fraction of sp³-hybridized carbons (Fsp3) is 0.250. The molecular weight excluding hydrogens is 456 g/mol. The van der Waals surface area contributed by atoms with Crippen molar-refractivity contribution in [2.45, 2.75) is 39.0 Å². The number of ether oxygens (including phenoxy) is 1. The summed E-state index contributed by atoms with van der Waals surface area (Å²) in [5, 5.41) is 2.90. The summed E-state index contributed by atoms with van der Waals surface area (Å²) in [7, 11) is 0. The number of aromatic amines is 1. The van der Waals surface area contributed by atoms with Crippen molar-refractivity contribution < 1.29 is 19.1 Å². The Morgan fingerprint density at radius 1 is 1.17 bits per heavy atom. The monoisotopic (exact) mass is 482 g/mol. The topological polar surface area (TPSA) is 114 Å². The first kappa shape index (κ1) is 23.4. The summed E-state index contributed by atoms with van der Waals surface area (Å²) in [5.41, 5.74) is 6.52. The summed E-state index contributed by atoms with van der Waals surface area (Å²) in [6, 6.07) is 9.26. The molecule has 36 heavy (non-hydrogen) atoms. The Morgan fingerprint density at radius 3 is 2.81 bits per heavy atom. The number of Topliss-reactive ketones (excluding diaryl/α,β-unsaturated/α-hetero) is 1. The van der Waals surface area contributed by atoms with Crippen molar-refractivity contribution in [1.29, 1.82) is 0 Å². The zero-order valence-corrected chi connectivity index (χ0v) is 20.0. The average Bonchev–Trinajstić information content (AvgIpc) is 3.39. The molecule has 0 fully saturated rings. The van der Waals surface area contributed by atoms with Gasteiger partial charge in [-0.25, -0.2) is 0 Å². The van der Waals surface area contributed by atoms with Gasteiger partial charge in [-0.2, -0.15) is 0 Å². The SMILES string of the molecule is CCOC(=O)CCc1c(C=C2C(=O)Nc3ccc(/N=C\c4ccncc4)cc32)[nH]c2c1C(=O)CCC2. The molecule has 1 aliphatic heterocycles. The summed E-state index contributed by atoms with van der Waals surface area (Å²) in [4.78, 5) is 49.6. The summed E-state index contributed by atoms with van der Waals surface area (Å²) in [5.74, 6) is -0.467. The number of rotatable bonds is 7. The van der Waals surface area contributed by atoms with Crippen LogP contribution in [-0.2, 0) is 27.2 Å². The predicted octanol–water partition coefficient (Wildman–Crippen LogP) is 4.67. The van der Waals surface area contributed by atoms with Crippen LogP contribution in [0.5, 0.6) is 0 Å². The van der Waals surface area contributed by atoms with Crippen LogP contribution in [0, 0.1) is 0 Å². The number of hydrogen-bond donors (Lipinski definition) is 2. The van der Waals surface area contributed by atoms with Crippen molar-refractivity contribution in [2.24, 2.45) is 4.99 Å². The zero-order valence-electron chi connectivity index (χ0n) is 20.0. The van der Waals surface area contributed by atoms with Crippen LogP contribution >= 0.6 is 0 Å². The van der Waals surface area contributed by atoms with Crippen molar-refractivity contribution in [3.05, 3.63) is 76.4 Å². The Hall–Kier alpha value is -4.33. The molecule has 3 aromatic rings. The molecule has 5 rings (SSSR count). The molecule has 2 aromatic heterocycles. The van der Waals surface area contributed by atoms with Gasteiger partial charge in [-0.15, -0.1) is 0 Å². The van der Waals surface area contributed by atoms with Gasteiger partial charge in [0.15, 0.2) is 5.78 Å². The fourth-order valence-corrected chi connectivity index (χ4v) is 4.68. The second kappa shape index (κ2) is 10.1. The third-order valence-corrected chi connectivity index (χ3v) is 6.35. The highest BCUT2D eigenvalue weighted by Crippen LogP contribution is 2.37. The second-order valence-electron chi connectivity index (χ2n) is 8.73. The number of ketones is 1. The molecule has 0 atom stereocenters. The number of nitrogens with one attached hydrogen (secondary N) is 2. The molecule has 1 amide bonds. The number of aromatic nitrogens is 2. The molecule has 2 N–H and O–H groups in total. The molecular formula is C28H26N4O4. The van der Waals surface area contributed by atoms with Gasteiger partial charge >= 0.3 is 5.97 Å². The Balaban J connectivity index is 1.51. The van der Waals surface area contributed by atoms with Crippen LogP contribution in [0.3, 0.4) is 0 Å². The van der Waals surface area contributed by atoms with Gasteiger partial charge in [-0.05, 0) is 73.7 Å². The molecule has 1 aromatic carbocycles. The number of carbonyl (C=O) groups excluding carboxylic acids is 3. The number of amides is 1. The number of fused-ring (bicyclic) bond motifs is 2. The highest BCUT2D eigenvalue weighted by atomic mass is 16.5. The summed E-state index contributed by atoms with van der Waals surface area (Å²) < 4.78 is 5.09. The summed E-state index contributed by atoms with van der Waals surface area (Å²) in [6.07, 6.45) is 9.48. The van der Waals surface area contributed by atoms with E-state index in [-0.39, 0.29) is 24.1 Å². The highest BCUT2D eigenvalue weighted by Gasteiger charge is 2.29. The number of pyridine rings is 1. The maximum absolute atomic E-state index is 12.9. The summed E-state index contributed by atoms with van der Waals surface area (Å²) >= 11 is 0. The van der Waals surface area contributed by atoms with E-state index >= 15 is 0 Å². The largest absolute Gasteiger partial charge is 0.466 e. The van der Waals surface area contributed by atoms with E-state index in [9.17, 15) is 14.4 Å². The van der Waals surface area contributed by atoms with E-state index in [0.29, 0.717) is 47.7 Å². The first-order chi connectivity index (χ1) is 17.5. The Bertz CT molecular complexity index is 1400. The molecule has 0 spiro atoms. The smallest absolute Gasteiger partial charge is 0.306 e. The minimum absolute atomic E-state index is 0.0695. The second-order valence-corrected chi connectivity index (χ2v) is 8.73. The zero-order chi connectivity index (χ0) is 25.1. The Labute approximate surface area is 208 Å². The predicted molar refractivity (Wildman–Crippen MR) is 137 cm³/mol. The van der Waals surface area contributed by atoms with Gasteiger partial charge in [0.2, 0.25) is 0 Å². The third kappa shape index (κ3) is 4.75. The molecule has 2 aliphatic rings. The van der Waals surface area contributed by atoms with Crippen LogP contribution < -0.4 is 5.32 Å². The molecule has 1 aliphatic carbocycles. The first-order valence-electron chi connectivity index (χ1n) is 12.1. The van der Waals surface area contributed by atoms with Gasteiger partial charge in [0, 0.05) is 59.7 Å². The van der Waals surface area contributed by atoms with E-state index < -0.39 is 0 Å². The normalized spacial score (nSPS) is 15.8. The minimum atomic E-state index is -0.310. The van der Waals surface area contributed by atoms with Crippen LogP contribution in [0.1, 0.15) is 64.6 Å². The maximum atomic E-state index is 12.9. The van der Waals surface area contributed by atoms with E-state index in [1.54, 1.807) is 31.6 Å². The molecule has 0 saturated heterocycles. The molecule has 0 radical (unpaired) electrons. The number of hydrogen-bond acceptors (Lipinski definition) is 6. The summed E-state index contributed by atoms with van der Waals surface area (Å²) in [6.45, 7) is 2.07. The van der Waals surface area contributed by atoms with Gasteiger partial charge in [-0.1, -0.05) is 0 Å². The van der Waals surface area contributed by atoms with E-state index in [1.807, 2.05) is 30.3 Å². The van der Waals surface area contributed by atoms with Gasteiger partial charge in [-0.3, -0.25) is 24.4 Å². The standard InChI is InChI=1S/C28H26N4O4/c1-2-36-26(34)9-7-19-24(31-23-4-3-5-25(33)27(19)23)15-21-20-14-18(6-8-22(20)32-28(21)35)30-16-17-10-12-29-13-11-17/h6,8,10-16,31H,2-5,7,9H2,1H3,(H,32,35)/b21-15?,30-16-. The number of esters is 1. The molecule has 8 heteroatoms. The molecule has 3 heterocycles. The first-order valence-corrected chi connectivity index (χ1v) is 12.1. The lowest BCUT2D eigenvalue weighted by atomic mass is 9.91. The van der Waals surface area contributed by atoms with Crippen molar-refractivity contribution >= 4 is 46.9 Å². The number of benzene rings is 1. The van der Waals surface area contributed by atoms with E-state index in [4.69, 9.17) is 4.74 Å². The number of anilines is 1. The Morgan fingerprint density at radius 2 is 2.00 bits per heavy atom. The van der Waals surface area contributed by atoms with Crippen LogP contribution in [0.25, 0.3) is 11.6 Å². The minimum Gasteiger partial charge on any atom is -0.466 e. The van der Waals surface area contributed by atoms with Crippen molar-refractivity contribution in [1.82, 2.24) is 9.97 Å². The van der Waals surface area contributed by atoms with E-state index in [0.717, 1.165) is 35.2 Å². The van der Waals surface area contributed by atoms with Crippen molar-refractivity contribution in [2.75, 3.05) is 11.9 Å². The average molecular weight is 483 g/mol. The van der Waals surface area contributed by atoms with E-state index in [2.05, 4.69) is 20.3 Å². The number of nitrogens with zero attached hydrogens (tertiary/aromatic N) is 2. The van der Waals surface area contributed by atoms with Gasteiger partial charge in [0.25, 0.3) is 5.91 Å². The molecule has 182 valence electrons. The fourth-order valence-electron chi connectivity index (χ4n) is 4.68. The van der Waals surface area contributed by atoms with Crippen molar-refractivity contribution in [3.63, 3.8) is 0 Å². The van der Waals surface area contributed by atoms with E-state index in [1.165, 1.54) is 0 Å². The number of aryl methyl sites for hydroxylation is 1. The number of aliphatic imine (C=N–C) groups is 1. The van der Waals surface area contributed by atoms with Crippen LogP contribution in [0.15, 0.2) is 47.7 Å². The van der Waals surface area contributed by atoms with Crippen LogP contribution in [-0.4, -0.2) is 40.4 Å². The maximum Gasteiger partial charge on any atom is 0.306 e. The third-order valence-electron chi connectivity index (χ3n) is 6.35. The highest BCUT2D eigenvalue weighted by molar-refractivity contribution is 6.35. The molecule has 8 nitrogen and oxygen atoms in total. The molecule has 0 bridgehead atoms. The lowest BCUT2D eigenvalue weighted by Crippen LogP contribution is -2.12.